The maximum absolute atomic E-state index is 13.7. The molecule has 0 aliphatic carbocycles. The van der Waals surface area contributed by atoms with Crippen molar-refractivity contribution in [2.24, 2.45) is 0 Å². The molecule has 8 nitrogen and oxygen atoms in total. The predicted octanol–water partition coefficient (Wildman–Crippen LogP) is 5.08. The first-order valence-electron chi connectivity index (χ1n) is 15.7. The lowest BCUT2D eigenvalue weighted by Crippen LogP contribution is -2.52. The molecule has 2 amide bonds. The molecule has 234 valence electrons. The maximum atomic E-state index is 13.7. The van der Waals surface area contributed by atoms with Gasteiger partial charge in [-0.2, -0.15) is 0 Å². The summed E-state index contributed by atoms with van der Waals surface area (Å²) in [4.78, 5) is 33.8. The molecule has 1 aromatic heterocycles. The number of ether oxygens (including phenoxy) is 1. The van der Waals surface area contributed by atoms with Gasteiger partial charge in [0.25, 0.3) is 11.8 Å². The largest absolute Gasteiger partial charge is 0.389 e. The molecule has 2 aliphatic rings. The van der Waals surface area contributed by atoms with E-state index in [2.05, 4.69) is 15.6 Å². The molecular formula is C36H40N4O4S. The lowest BCUT2D eigenvalue weighted by atomic mass is 9.94. The number of thiazole rings is 1. The van der Waals surface area contributed by atoms with E-state index in [-0.39, 0.29) is 30.0 Å². The summed E-state index contributed by atoms with van der Waals surface area (Å²) < 4.78 is 6.13. The monoisotopic (exact) mass is 624 g/mol. The summed E-state index contributed by atoms with van der Waals surface area (Å²) in [6, 6.07) is 25.9. The van der Waals surface area contributed by atoms with Crippen LogP contribution >= 0.6 is 11.3 Å². The van der Waals surface area contributed by atoms with E-state index in [1.165, 1.54) is 0 Å². The van der Waals surface area contributed by atoms with Gasteiger partial charge in [-0.3, -0.25) is 9.59 Å². The van der Waals surface area contributed by atoms with E-state index in [9.17, 15) is 14.7 Å². The average Bonchev–Trinajstić information content (AvgIpc) is 3.85. The molecule has 2 saturated heterocycles. The Kier molecular flexibility index (Phi) is 10.0. The van der Waals surface area contributed by atoms with Crippen molar-refractivity contribution in [2.75, 3.05) is 13.1 Å². The van der Waals surface area contributed by atoms with Crippen LogP contribution in [0, 0.1) is 6.92 Å². The SMILES string of the molecule is Cc1csc([C@H]2CCCN2C(=O)c2cccc(C(=O)N[C@@H](Cc3ccccc3)[C@H](O)[C@H]3C[C@@H](OCc4ccccc4)CN3)c2)n1. The maximum Gasteiger partial charge on any atom is 0.254 e. The zero-order valence-electron chi connectivity index (χ0n) is 25.5. The lowest BCUT2D eigenvalue weighted by Gasteiger charge is -2.29. The number of hydrogen-bond donors (Lipinski definition) is 3. The third kappa shape index (κ3) is 7.68. The highest BCUT2D eigenvalue weighted by Gasteiger charge is 2.36. The van der Waals surface area contributed by atoms with Gasteiger partial charge in [-0.25, -0.2) is 4.98 Å². The fourth-order valence-corrected chi connectivity index (χ4v) is 7.26. The third-order valence-electron chi connectivity index (χ3n) is 8.70. The molecule has 6 rings (SSSR count). The van der Waals surface area contributed by atoms with Crippen molar-refractivity contribution in [2.45, 2.75) is 69.5 Å². The summed E-state index contributed by atoms with van der Waals surface area (Å²) in [6.45, 7) is 3.76. The fourth-order valence-electron chi connectivity index (χ4n) is 6.32. The van der Waals surface area contributed by atoms with Crippen LogP contribution in [0.5, 0.6) is 0 Å². The van der Waals surface area contributed by atoms with Gasteiger partial charge in [-0.05, 0) is 61.9 Å². The first-order valence-corrected chi connectivity index (χ1v) is 16.6. The van der Waals surface area contributed by atoms with E-state index in [1.807, 2.05) is 77.9 Å². The summed E-state index contributed by atoms with van der Waals surface area (Å²) in [5, 5.41) is 21.1. The Morgan fingerprint density at radius 1 is 1.04 bits per heavy atom. The van der Waals surface area contributed by atoms with Crippen LogP contribution < -0.4 is 10.6 Å². The Hall–Kier alpha value is -3.89. The van der Waals surface area contributed by atoms with Gasteiger partial charge in [0.05, 0.1) is 30.9 Å². The quantitative estimate of drug-likeness (QED) is 0.215. The Labute approximate surface area is 268 Å². The summed E-state index contributed by atoms with van der Waals surface area (Å²) in [7, 11) is 0. The summed E-state index contributed by atoms with van der Waals surface area (Å²) in [5.41, 5.74) is 3.94. The number of likely N-dealkylation sites (tertiary alicyclic amines) is 1. The van der Waals surface area contributed by atoms with Gasteiger partial charge in [0.2, 0.25) is 0 Å². The van der Waals surface area contributed by atoms with Crippen LogP contribution in [0.4, 0.5) is 0 Å². The van der Waals surface area contributed by atoms with Crippen molar-refractivity contribution in [1.82, 2.24) is 20.5 Å². The van der Waals surface area contributed by atoms with E-state index >= 15 is 0 Å². The van der Waals surface area contributed by atoms with Crippen molar-refractivity contribution >= 4 is 23.2 Å². The molecule has 2 fully saturated rings. The van der Waals surface area contributed by atoms with Gasteiger partial charge in [-0.1, -0.05) is 66.7 Å². The molecular weight excluding hydrogens is 584 g/mol. The molecule has 3 heterocycles. The number of hydrogen-bond acceptors (Lipinski definition) is 7. The smallest absolute Gasteiger partial charge is 0.254 e. The summed E-state index contributed by atoms with van der Waals surface area (Å²) in [5.74, 6) is -0.425. The average molecular weight is 625 g/mol. The second-order valence-corrected chi connectivity index (χ2v) is 12.9. The minimum Gasteiger partial charge on any atom is -0.389 e. The van der Waals surface area contributed by atoms with Gasteiger partial charge in [0, 0.05) is 41.3 Å². The second kappa shape index (κ2) is 14.5. The highest BCUT2D eigenvalue weighted by atomic mass is 32.1. The van der Waals surface area contributed by atoms with E-state index in [0.29, 0.717) is 43.7 Å². The first kappa shape index (κ1) is 31.1. The number of nitrogens with zero attached hydrogens (tertiary/aromatic N) is 2. The van der Waals surface area contributed by atoms with Crippen molar-refractivity contribution < 1.29 is 19.4 Å². The molecule has 0 spiro atoms. The molecule has 3 aromatic carbocycles. The molecule has 4 aromatic rings. The zero-order chi connectivity index (χ0) is 31.2. The first-order chi connectivity index (χ1) is 21.9. The number of nitrogens with one attached hydrogen (secondary N) is 2. The van der Waals surface area contributed by atoms with Crippen LogP contribution in [-0.2, 0) is 17.8 Å². The minimum absolute atomic E-state index is 0.0386. The second-order valence-electron chi connectivity index (χ2n) is 12.0. The number of rotatable bonds is 11. The van der Waals surface area contributed by atoms with Gasteiger partial charge < -0.3 is 25.4 Å². The minimum atomic E-state index is -0.851. The standard InChI is InChI=1S/C36H40N4O4S/c1-24-23-45-35(38-24)32-16-9-17-40(32)36(43)28-15-8-14-27(19-28)34(42)39-31(18-25-10-4-2-5-11-25)33(41)30-20-29(21-37-30)44-22-26-12-6-3-7-13-26/h2-8,10-15,19,23,29-33,37,41H,9,16-18,20-22H2,1H3,(H,39,42)/t29-,30-,31+,32-,33-/m1/s1. The Morgan fingerprint density at radius 3 is 2.51 bits per heavy atom. The van der Waals surface area contributed by atoms with Crippen LogP contribution in [0.3, 0.4) is 0 Å². The number of aryl methyl sites for hydroxylation is 1. The Bertz CT molecular complexity index is 1580. The zero-order valence-corrected chi connectivity index (χ0v) is 26.3. The molecule has 45 heavy (non-hydrogen) atoms. The molecule has 0 saturated carbocycles. The Morgan fingerprint density at radius 2 is 1.78 bits per heavy atom. The third-order valence-corrected chi connectivity index (χ3v) is 9.76. The van der Waals surface area contributed by atoms with E-state index in [0.717, 1.165) is 34.7 Å². The normalized spacial score (nSPS) is 21.0. The van der Waals surface area contributed by atoms with Crippen LogP contribution in [0.15, 0.2) is 90.3 Å². The number of aromatic nitrogens is 1. The van der Waals surface area contributed by atoms with Crippen molar-refractivity contribution in [3.63, 3.8) is 0 Å². The molecule has 0 radical (unpaired) electrons. The number of aliphatic hydroxyl groups excluding tert-OH is 1. The summed E-state index contributed by atoms with van der Waals surface area (Å²) in [6.07, 6.45) is 2.00. The van der Waals surface area contributed by atoms with Crippen LogP contribution in [0.25, 0.3) is 0 Å². The molecule has 9 heteroatoms. The van der Waals surface area contributed by atoms with E-state index < -0.39 is 12.1 Å². The number of amides is 2. The van der Waals surface area contributed by atoms with Crippen molar-refractivity contribution in [3.05, 3.63) is 123 Å². The molecule has 2 aliphatic heterocycles. The van der Waals surface area contributed by atoms with E-state index in [1.54, 1.807) is 35.6 Å². The van der Waals surface area contributed by atoms with Crippen molar-refractivity contribution in [3.8, 4) is 0 Å². The number of carbonyl (C=O) groups excluding carboxylic acids is 2. The van der Waals surface area contributed by atoms with Gasteiger partial charge in [0.15, 0.2) is 0 Å². The predicted molar refractivity (Wildman–Crippen MR) is 175 cm³/mol. The molecule has 0 bridgehead atoms. The van der Waals surface area contributed by atoms with Crippen LogP contribution in [0.1, 0.15) is 67.8 Å². The summed E-state index contributed by atoms with van der Waals surface area (Å²) >= 11 is 1.59. The molecule has 3 N–H and O–H groups in total. The highest BCUT2D eigenvalue weighted by Crippen LogP contribution is 2.35. The van der Waals surface area contributed by atoms with Crippen LogP contribution in [-0.4, -0.2) is 64.2 Å². The van der Waals surface area contributed by atoms with Crippen molar-refractivity contribution in [1.29, 1.82) is 0 Å². The Balaban J connectivity index is 1.14. The van der Waals surface area contributed by atoms with Gasteiger partial charge in [-0.15, -0.1) is 11.3 Å². The van der Waals surface area contributed by atoms with Crippen LogP contribution in [0.2, 0.25) is 0 Å². The van der Waals surface area contributed by atoms with E-state index in [4.69, 9.17) is 4.74 Å². The molecule has 0 unspecified atom stereocenters. The topological polar surface area (TPSA) is 104 Å². The molecule has 5 atom stereocenters. The van der Waals surface area contributed by atoms with Gasteiger partial charge >= 0.3 is 0 Å². The van der Waals surface area contributed by atoms with Gasteiger partial charge in [0.1, 0.15) is 5.01 Å². The number of aliphatic hydroxyl groups is 1. The number of benzene rings is 3. The highest BCUT2D eigenvalue weighted by molar-refractivity contribution is 7.09. The lowest BCUT2D eigenvalue weighted by molar-refractivity contribution is 0.0419. The fraction of sp³-hybridized carbons (Fsp3) is 0.361. The number of carbonyl (C=O) groups is 2.